The minimum atomic E-state index is -1.81. The predicted octanol–water partition coefficient (Wildman–Crippen LogP) is -7.93. The largest absolute Gasteiger partial charge is 0.391 e. The van der Waals surface area contributed by atoms with Crippen LogP contribution in [0.1, 0.15) is 106 Å². The predicted molar refractivity (Wildman–Crippen MR) is 320 cm³/mol. The molecule has 1 fully saturated rings. The fraction of sp³-hybridized carbons (Fsp3) is 0.778. The van der Waals surface area contributed by atoms with Crippen molar-refractivity contribution in [1.82, 2.24) is 69.3 Å². The van der Waals surface area contributed by atoms with E-state index in [1.165, 1.54) is 6.92 Å². The Bertz CT molecular complexity index is 2220. The Labute approximate surface area is 519 Å². The molecule has 1 aliphatic heterocycles. The molecule has 1 heterocycles. The SMILES string of the molecule is CCCC[C@H](NC(=O)CCOCCOCCOCCOCC)C(=O)N[C@@H](CCN)C(=O)N[C@H](C(=O)NNC(=O)N[C@H]1CCNC(=O)[C@H]([C@@H](C)O)NC(=O)[C@H](CCN)NC(=O)[C@H](CCN)NC(=O)[C@H](CC(C)C)NC(=O)CNC(=O)[C@H](CCN)NC1=O)[C@@H](C)O. The number of carbonyl (C=O) groups excluding carboxylic acids is 12. The van der Waals surface area contributed by atoms with Crippen molar-refractivity contribution in [1.29, 1.82) is 0 Å². The summed E-state index contributed by atoms with van der Waals surface area (Å²) in [5.41, 5.74) is 27.1. The Morgan fingerprint density at radius 1 is 0.562 bits per heavy atom. The summed E-state index contributed by atoms with van der Waals surface area (Å²) in [6.07, 6.45) is -3.08. The summed E-state index contributed by atoms with van der Waals surface area (Å²) in [6.45, 7) is 10.5. The summed E-state index contributed by atoms with van der Waals surface area (Å²) in [5.74, 6) is -10.2. The first-order valence-corrected chi connectivity index (χ1v) is 30.2. The number of rotatable bonds is 35. The number of hydrogen-bond acceptors (Lipinski definition) is 22. The highest BCUT2D eigenvalue weighted by Gasteiger charge is 2.36. The normalized spacial score (nSPS) is 21.1. The molecule has 1 saturated heterocycles. The van der Waals surface area contributed by atoms with E-state index in [0.29, 0.717) is 45.9 Å². The Hall–Kier alpha value is -6.96. The van der Waals surface area contributed by atoms with Gasteiger partial charge in [-0.1, -0.05) is 33.6 Å². The second kappa shape index (κ2) is 46.2. The highest BCUT2D eigenvalue weighted by Crippen LogP contribution is 2.09. The molecule has 0 spiro atoms. The molecule has 0 saturated carbocycles. The summed E-state index contributed by atoms with van der Waals surface area (Å²) in [6, 6.07) is -14.5. The van der Waals surface area contributed by atoms with Crippen molar-refractivity contribution in [2.45, 2.75) is 172 Å². The zero-order valence-corrected chi connectivity index (χ0v) is 52.1. The number of urea groups is 1. The molecule has 35 heteroatoms. The molecule has 13 amide bonds. The van der Waals surface area contributed by atoms with Crippen LogP contribution in [-0.4, -0.2) is 240 Å². The molecule has 89 heavy (non-hydrogen) atoms. The molecule has 35 nitrogen and oxygen atoms in total. The standard InChI is InChI=1S/C54H101N17O18/c1-7-9-10-34(61-41(74)16-22-87-25-26-89-28-27-88-24-23-86-8-2)46(77)64-38(14-20-58)50(81)69-44(33(6)73)53(84)70-71-54(85)67-39-15-21-59-52(83)43(32(5)72)68-49(80)37(13-19-57)65-47(78)36(12-18-56)66-51(82)40(29-31(3)4)62-42(75)30-60-45(76)35(11-17-55)63-48(39)79/h31-40,43-44,72-73H,7-30,55-58H2,1-6H3,(H,59,83)(H,60,76)(H,61,74)(H,62,75)(H,63,79)(H,64,77)(H,65,78)(H,66,82)(H,68,80)(H,69,81)(H,70,84)(H2,67,71,85)/t32-,33-,34+,35+,36+,37+,38+,39+,40+,43+,44+/m1/s1. The molecule has 0 aliphatic carbocycles. The Kier molecular flexibility index (Phi) is 41.5. The fourth-order valence-electron chi connectivity index (χ4n) is 8.41. The number of amides is 13. The van der Waals surface area contributed by atoms with E-state index in [0.717, 1.165) is 6.92 Å². The third-order valence-corrected chi connectivity index (χ3v) is 13.2. The van der Waals surface area contributed by atoms with Crippen molar-refractivity contribution in [3.8, 4) is 0 Å². The van der Waals surface area contributed by atoms with Crippen LogP contribution in [0.4, 0.5) is 4.79 Å². The van der Waals surface area contributed by atoms with Crippen LogP contribution in [0.3, 0.4) is 0 Å². The van der Waals surface area contributed by atoms with Crippen molar-refractivity contribution in [2.75, 3.05) is 92.1 Å². The maximum atomic E-state index is 14.0. The van der Waals surface area contributed by atoms with E-state index < -0.39 is 157 Å². The number of carbonyl (C=O) groups is 12. The highest BCUT2D eigenvalue weighted by molar-refractivity contribution is 5.98. The summed E-state index contributed by atoms with van der Waals surface area (Å²) in [7, 11) is 0. The van der Waals surface area contributed by atoms with E-state index in [9.17, 15) is 67.7 Å². The molecule has 11 atom stereocenters. The molecule has 1 aliphatic rings. The quantitative estimate of drug-likeness (QED) is 0.0207. The van der Waals surface area contributed by atoms with Gasteiger partial charge >= 0.3 is 6.03 Å². The first-order valence-electron chi connectivity index (χ1n) is 30.2. The van der Waals surface area contributed by atoms with E-state index in [4.69, 9.17) is 41.9 Å². The van der Waals surface area contributed by atoms with Crippen molar-refractivity contribution < 1.29 is 86.7 Å². The maximum absolute atomic E-state index is 14.0. The van der Waals surface area contributed by atoms with Gasteiger partial charge in [-0.25, -0.2) is 10.2 Å². The molecule has 0 aromatic heterocycles. The molecule has 0 bridgehead atoms. The number of hydrazine groups is 1. The number of aliphatic hydroxyl groups excluding tert-OH is 2. The van der Waals surface area contributed by atoms with Gasteiger partial charge in [-0.2, -0.15) is 0 Å². The molecular weight excluding hydrogens is 1170 g/mol. The first kappa shape index (κ1) is 80.1. The van der Waals surface area contributed by atoms with Crippen LogP contribution >= 0.6 is 0 Å². The highest BCUT2D eigenvalue weighted by atomic mass is 16.6. The lowest BCUT2D eigenvalue weighted by atomic mass is 10.0. The van der Waals surface area contributed by atoms with E-state index in [-0.39, 0.29) is 96.9 Å². The van der Waals surface area contributed by atoms with Crippen LogP contribution in [0.25, 0.3) is 0 Å². The van der Waals surface area contributed by atoms with Gasteiger partial charge in [0.1, 0.15) is 54.4 Å². The lowest BCUT2D eigenvalue weighted by Gasteiger charge is -2.27. The monoisotopic (exact) mass is 1280 g/mol. The fourth-order valence-corrected chi connectivity index (χ4v) is 8.41. The van der Waals surface area contributed by atoms with Gasteiger partial charge in [0.05, 0.1) is 65.0 Å². The maximum Gasteiger partial charge on any atom is 0.334 e. The summed E-state index contributed by atoms with van der Waals surface area (Å²) in [4.78, 5) is 163. The smallest absolute Gasteiger partial charge is 0.334 e. The van der Waals surface area contributed by atoms with Gasteiger partial charge in [0.2, 0.25) is 59.1 Å². The van der Waals surface area contributed by atoms with Crippen molar-refractivity contribution >= 4 is 71.0 Å². The first-order chi connectivity index (χ1) is 42.4. The van der Waals surface area contributed by atoms with Gasteiger partial charge in [0, 0.05) is 19.6 Å². The minimum absolute atomic E-state index is 0.0214. The van der Waals surface area contributed by atoms with Crippen LogP contribution in [0.2, 0.25) is 0 Å². The van der Waals surface area contributed by atoms with Gasteiger partial charge in [0.25, 0.3) is 5.91 Å². The third kappa shape index (κ3) is 33.4. The third-order valence-electron chi connectivity index (χ3n) is 13.2. The number of aliphatic hydroxyl groups is 2. The van der Waals surface area contributed by atoms with Crippen LogP contribution in [0, 0.1) is 5.92 Å². The second-order valence-electron chi connectivity index (χ2n) is 21.2. The van der Waals surface area contributed by atoms with Crippen molar-refractivity contribution in [2.24, 2.45) is 28.9 Å². The minimum Gasteiger partial charge on any atom is -0.391 e. The molecule has 0 aromatic rings. The van der Waals surface area contributed by atoms with Gasteiger partial charge in [-0.15, -0.1) is 0 Å². The van der Waals surface area contributed by atoms with E-state index in [2.05, 4.69) is 58.5 Å². The summed E-state index contributed by atoms with van der Waals surface area (Å²) >= 11 is 0. The molecule has 0 aromatic carbocycles. The van der Waals surface area contributed by atoms with Crippen LogP contribution < -0.4 is 92.3 Å². The van der Waals surface area contributed by atoms with E-state index in [1.807, 2.05) is 24.7 Å². The van der Waals surface area contributed by atoms with Crippen LogP contribution in [-0.2, 0) is 71.7 Å². The summed E-state index contributed by atoms with van der Waals surface area (Å²) in [5, 5.41) is 48.3. The van der Waals surface area contributed by atoms with Crippen LogP contribution in [0.5, 0.6) is 0 Å². The average Bonchev–Trinajstić information content (AvgIpc) is 3.20. The molecule has 0 radical (unpaired) electrons. The Morgan fingerprint density at radius 3 is 1.61 bits per heavy atom. The average molecular weight is 1280 g/mol. The van der Waals surface area contributed by atoms with E-state index >= 15 is 0 Å². The molecule has 0 unspecified atom stereocenters. The topological polar surface area (TPSA) is 543 Å². The zero-order valence-electron chi connectivity index (χ0n) is 52.1. The number of ether oxygens (including phenoxy) is 4. The molecular formula is C54H101N17O18. The van der Waals surface area contributed by atoms with Gasteiger partial charge in [0.15, 0.2) is 0 Å². The Morgan fingerprint density at radius 2 is 1.08 bits per heavy atom. The molecule has 510 valence electrons. The lowest BCUT2D eigenvalue weighted by Crippen LogP contribution is -2.62. The Balaban J connectivity index is 3.35. The lowest BCUT2D eigenvalue weighted by molar-refractivity contribution is -0.135. The van der Waals surface area contributed by atoms with Crippen LogP contribution in [0.15, 0.2) is 0 Å². The number of nitrogens with one attached hydrogen (secondary N) is 13. The summed E-state index contributed by atoms with van der Waals surface area (Å²) < 4.78 is 21.5. The van der Waals surface area contributed by atoms with Crippen molar-refractivity contribution in [3.63, 3.8) is 0 Å². The number of nitrogens with two attached hydrogens (primary N) is 4. The van der Waals surface area contributed by atoms with Gasteiger partial charge < -0.3 is 111 Å². The van der Waals surface area contributed by atoms with Gasteiger partial charge in [-0.05, 0) is 97.8 Å². The molecule has 1 rings (SSSR count). The zero-order chi connectivity index (χ0) is 66.8. The van der Waals surface area contributed by atoms with Crippen molar-refractivity contribution in [3.05, 3.63) is 0 Å². The molecule has 23 N–H and O–H groups in total. The van der Waals surface area contributed by atoms with Gasteiger partial charge in [-0.3, -0.25) is 58.2 Å². The number of unbranched alkanes of at least 4 members (excludes halogenated alkanes) is 1. The number of hydrogen-bond donors (Lipinski definition) is 19. The second-order valence-corrected chi connectivity index (χ2v) is 21.2. The van der Waals surface area contributed by atoms with E-state index in [1.54, 1.807) is 13.8 Å².